The molecule has 3 heterocycles. The van der Waals surface area contributed by atoms with Gasteiger partial charge in [0.2, 0.25) is 11.8 Å². The predicted octanol–water partition coefficient (Wildman–Crippen LogP) is 0.771. The molecule has 2 aliphatic heterocycles. The molecule has 2 saturated heterocycles. The zero-order valence-electron chi connectivity index (χ0n) is 17.1. The van der Waals surface area contributed by atoms with E-state index < -0.39 is 10.0 Å². The quantitative estimate of drug-likeness (QED) is 0.673. The average Bonchev–Trinajstić information content (AvgIpc) is 3.16. The van der Waals surface area contributed by atoms with Crippen LogP contribution in [0.5, 0.6) is 0 Å². The number of rotatable bonds is 5. The summed E-state index contributed by atoms with van der Waals surface area (Å²) in [5.74, 6) is -0.197. The lowest BCUT2D eigenvalue weighted by atomic mass is 9.98. The maximum absolute atomic E-state index is 13.1. The van der Waals surface area contributed by atoms with Crippen molar-refractivity contribution in [3.05, 3.63) is 17.5 Å². The first kappa shape index (κ1) is 22.2. The van der Waals surface area contributed by atoms with Gasteiger partial charge in [0.15, 0.2) is 0 Å². The predicted molar refractivity (Wildman–Crippen MR) is 112 cm³/mol. The van der Waals surface area contributed by atoms with Gasteiger partial charge >= 0.3 is 0 Å². The van der Waals surface area contributed by atoms with Crippen LogP contribution in [0.1, 0.15) is 19.3 Å². The van der Waals surface area contributed by atoms with Gasteiger partial charge in [0.25, 0.3) is 10.0 Å². The Hall–Kier alpha value is -1.49. The Labute approximate surface area is 177 Å². The summed E-state index contributed by atoms with van der Waals surface area (Å²) in [6, 6.07) is 3.35. The van der Waals surface area contributed by atoms with E-state index >= 15 is 0 Å². The number of sulfonamides is 1. The summed E-state index contributed by atoms with van der Waals surface area (Å²) in [5.41, 5.74) is 0. The van der Waals surface area contributed by atoms with E-state index in [1.165, 1.54) is 15.6 Å². The van der Waals surface area contributed by atoms with Crippen LogP contribution in [0.3, 0.4) is 0 Å². The maximum atomic E-state index is 13.1. The second-order valence-corrected chi connectivity index (χ2v) is 11.0. The van der Waals surface area contributed by atoms with Crippen molar-refractivity contribution in [1.29, 1.82) is 0 Å². The van der Waals surface area contributed by atoms with Crippen LogP contribution in [0.15, 0.2) is 21.7 Å². The third-order valence-corrected chi connectivity index (χ3v) is 8.82. The van der Waals surface area contributed by atoms with Crippen molar-refractivity contribution in [3.8, 4) is 0 Å². The largest absolute Gasteiger partial charge is 0.348 e. The van der Waals surface area contributed by atoms with Crippen LogP contribution in [0.25, 0.3) is 0 Å². The molecule has 0 saturated carbocycles. The number of carbonyl (C=O) groups excluding carboxylic acids is 2. The number of thiophene rings is 1. The highest BCUT2D eigenvalue weighted by molar-refractivity contribution is 7.91. The van der Waals surface area contributed by atoms with Gasteiger partial charge in [-0.3, -0.25) is 14.5 Å². The van der Waals surface area contributed by atoms with Crippen LogP contribution in [0.4, 0.5) is 0 Å². The number of hydrogen-bond donors (Lipinski definition) is 0. The SMILES string of the molecule is CN(C)C(=O)CN1CCCN(C(=O)C2CCCN(S(=O)(=O)c3cccs3)C2)CC1. The van der Waals surface area contributed by atoms with Crippen molar-refractivity contribution in [2.75, 3.05) is 59.9 Å². The zero-order chi connectivity index (χ0) is 21.0. The molecule has 0 aromatic carbocycles. The van der Waals surface area contributed by atoms with Gasteiger partial charge in [0, 0.05) is 53.4 Å². The first-order valence-corrected chi connectivity index (χ1v) is 12.4. The Morgan fingerprint density at radius 3 is 2.62 bits per heavy atom. The molecule has 0 radical (unpaired) electrons. The molecule has 162 valence electrons. The molecule has 8 nitrogen and oxygen atoms in total. The van der Waals surface area contributed by atoms with Crippen LogP contribution in [0, 0.1) is 5.92 Å². The van der Waals surface area contributed by atoms with Gasteiger partial charge in [0.05, 0.1) is 12.5 Å². The lowest BCUT2D eigenvalue weighted by Gasteiger charge is -2.33. The molecule has 1 aromatic heterocycles. The van der Waals surface area contributed by atoms with Gasteiger partial charge < -0.3 is 9.80 Å². The standard InChI is InChI=1S/C19H30N4O4S2/c1-20(2)17(24)15-21-8-5-9-22(12-11-21)19(25)16-6-3-10-23(14-16)29(26,27)18-7-4-13-28-18/h4,7,13,16H,3,5-6,8-12,14-15H2,1-2H3. The molecule has 0 spiro atoms. The number of piperidine rings is 1. The molecule has 2 fully saturated rings. The molecule has 1 unspecified atom stereocenters. The highest BCUT2D eigenvalue weighted by atomic mass is 32.2. The zero-order valence-corrected chi connectivity index (χ0v) is 18.8. The maximum Gasteiger partial charge on any atom is 0.252 e. The van der Waals surface area contributed by atoms with Gasteiger partial charge in [-0.1, -0.05) is 6.07 Å². The third-order valence-electron chi connectivity index (χ3n) is 5.58. The molecule has 0 aliphatic carbocycles. The molecule has 2 amide bonds. The van der Waals surface area contributed by atoms with Gasteiger partial charge in [-0.2, -0.15) is 4.31 Å². The number of nitrogens with zero attached hydrogens (tertiary/aromatic N) is 4. The van der Waals surface area contributed by atoms with Crippen molar-refractivity contribution in [2.24, 2.45) is 5.92 Å². The van der Waals surface area contributed by atoms with Gasteiger partial charge in [-0.05, 0) is 30.7 Å². The molecule has 2 aliphatic rings. The van der Waals surface area contributed by atoms with Crippen LogP contribution in [-0.2, 0) is 19.6 Å². The highest BCUT2D eigenvalue weighted by Gasteiger charge is 2.35. The summed E-state index contributed by atoms with van der Waals surface area (Å²) in [5, 5.41) is 1.75. The van der Waals surface area contributed by atoms with Crippen molar-refractivity contribution in [3.63, 3.8) is 0 Å². The molecular formula is C19H30N4O4S2. The Morgan fingerprint density at radius 1 is 1.14 bits per heavy atom. The lowest BCUT2D eigenvalue weighted by Crippen LogP contribution is -2.47. The molecule has 29 heavy (non-hydrogen) atoms. The summed E-state index contributed by atoms with van der Waals surface area (Å²) < 4.78 is 27.4. The Balaban J connectivity index is 1.59. The monoisotopic (exact) mass is 442 g/mol. The van der Waals surface area contributed by atoms with Crippen molar-refractivity contribution < 1.29 is 18.0 Å². The first-order chi connectivity index (χ1) is 13.8. The summed E-state index contributed by atoms with van der Waals surface area (Å²) >= 11 is 1.21. The van der Waals surface area contributed by atoms with Crippen molar-refractivity contribution in [2.45, 2.75) is 23.5 Å². The number of carbonyl (C=O) groups is 2. The fourth-order valence-corrected chi connectivity index (χ4v) is 6.51. The number of hydrogen-bond acceptors (Lipinski definition) is 6. The highest BCUT2D eigenvalue weighted by Crippen LogP contribution is 2.27. The van der Waals surface area contributed by atoms with E-state index in [9.17, 15) is 18.0 Å². The van der Waals surface area contributed by atoms with Gasteiger partial charge in [-0.25, -0.2) is 8.42 Å². The molecule has 1 aromatic rings. The smallest absolute Gasteiger partial charge is 0.252 e. The summed E-state index contributed by atoms with van der Waals surface area (Å²) in [6.45, 7) is 3.75. The summed E-state index contributed by atoms with van der Waals surface area (Å²) in [6.07, 6.45) is 2.23. The van der Waals surface area contributed by atoms with Crippen molar-refractivity contribution >= 4 is 33.2 Å². The van der Waals surface area contributed by atoms with Crippen LogP contribution >= 0.6 is 11.3 Å². The second-order valence-electron chi connectivity index (χ2n) is 7.88. The molecule has 3 rings (SSSR count). The van der Waals surface area contributed by atoms with E-state index in [-0.39, 0.29) is 24.3 Å². The van der Waals surface area contributed by atoms with E-state index in [4.69, 9.17) is 0 Å². The molecular weight excluding hydrogens is 412 g/mol. The molecule has 10 heteroatoms. The minimum Gasteiger partial charge on any atom is -0.348 e. The fourth-order valence-electron chi connectivity index (χ4n) is 3.84. The van der Waals surface area contributed by atoms with Crippen LogP contribution in [-0.4, -0.2) is 99.1 Å². The molecule has 0 bridgehead atoms. The van der Waals surface area contributed by atoms with E-state index in [1.54, 1.807) is 36.5 Å². The summed E-state index contributed by atoms with van der Waals surface area (Å²) in [4.78, 5) is 30.6. The molecule has 0 N–H and O–H groups in total. The summed E-state index contributed by atoms with van der Waals surface area (Å²) in [7, 11) is -0.0326. The van der Waals surface area contributed by atoms with E-state index in [0.717, 1.165) is 13.0 Å². The Kier molecular flexibility index (Phi) is 7.31. The number of amides is 2. The minimum absolute atomic E-state index is 0.0388. The van der Waals surface area contributed by atoms with E-state index in [1.807, 2.05) is 4.90 Å². The second kappa shape index (κ2) is 9.55. The molecule has 1 atom stereocenters. The topological polar surface area (TPSA) is 81.2 Å². The first-order valence-electron chi connectivity index (χ1n) is 10.0. The average molecular weight is 443 g/mol. The van der Waals surface area contributed by atoms with E-state index in [2.05, 4.69) is 4.90 Å². The Bertz CT molecular complexity index is 810. The third kappa shape index (κ3) is 5.36. The van der Waals surface area contributed by atoms with E-state index in [0.29, 0.717) is 49.8 Å². The van der Waals surface area contributed by atoms with Gasteiger partial charge in [0.1, 0.15) is 4.21 Å². The minimum atomic E-state index is -3.52. The Morgan fingerprint density at radius 2 is 1.93 bits per heavy atom. The fraction of sp³-hybridized carbons (Fsp3) is 0.684. The lowest BCUT2D eigenvalue weighted by molar-refractivity contribution is -0.136. The number of likely N-dealkylation sites (N-methyl/N-ethyl adjacent to an activating group) is 1. The van der Waals surface area contributed by atoms with Crippen molar-refractivity contribution in [1.82, 2.24) is 19.0 Å². The normalized spacial score (nSPS) is 22.3. The van der Waals surface area contributed by atoms with Crippen LogP contribution < -0.4 is 0 Å². The van der Waals surface area contributed by atoms with Crippen LogP contribution in [0.2, 0.25) is 0 Å². The van der Waals surface area contributed by atoms with Gasteiger partial charge in [-0.15, -0.1) is 11.3 Å².